The average molecular weight is 225 g/mol. The number of alkyl halides is 1. The Morgan fingerprint density at radius 2 is 2.50 bits per heavy atom. The third-order valence-corrected chi connectivity index (χ3v) is 2.87. The highest BCUT2D eigenvalue weighted by atomic mass is 127. The van der Waals surface area contributed by atoms with Crippen molar-refractivity contribution >= 4 is 28.5 Å². The van der Waals surface area contributed by atoms with E-state index in [4.69, 9.17) is 0 Å². The second kappa shape index (κ2) is 2.21. The Kier molecular flexibility index (Phi) is 1.74. The molecule has 1 saturated heterocycles. The fourth-order valence-corrected chi connectivity index (χ4v) is 1.39. The number of nitrogens with zero attached hydrogens (tertiary/aromatic N) is 1. The zero-order valence-corrected chi connectivity index (χ0v) is 6.88. The first kappa shape index (κ1) is 6.32. The summed E-state index contributed by atoms with van der Waals surface area (Å²) in [7, 11) is 1.85. The Balaban J connectivity index is 2.56. The molecular formula is C5H8INO. The molecule has 0 N–H and O–H groups in total. The summed E-state index contributed by atoms with van der Waals surface area (Å²) in [5.41, 5.74) is 0. The van der Waals surface area contributed by atoms with Gasteiger partial charge in [-0.1, -0.05) is 22.6 Å². The van der Waals surface area contributed by atoms with Crippen LogP contribution in [0.1, 0.15) is 12.8 Å². The molecule has 0 aromatic carbocycles. The molecule has 1 rings (SSSR count). The number of likely N-dealkylation sites (tertiary alicyclic amines) is 1. The van der Waals surface area contributed by atoms with Crippen molar-refractivity contribution in [3.8, 4) is 0 Å². The number of carbonyl (C=O) groups excluding carboxylic acids is 1. The van der Waals surface area contributed by atoms with Crippen LogP contribution < -0.4 is 0 Å². The zero-order chi connectivity index (χ0) is 6.15. The SMILES string of the molecule is CN1C(=O)CC[C@H]1I. The molecule has 1 amide bonds. The van der Waals surface area contributed by atoms with Crippen molar-refractivity contribution in [3.05, 3.63) is 0 Å². The van der Waals surface area contributed by atoms with Gasteiger partial charge >= 0.3 is 0 Å². The lowest BCUT2D eigenvalue weighted by Gasteiger charge is -2.11. The molecule has 8 heavy (non-hydrogen) atoms. The Bertz CT molecular complexity index is 115. The van der Waals surface area contributed by atoms with Crippen molar-refractivity contribution in [1.82, 2.24) is 4.90 Å². The standard InChI is InChI=1S/C5H8INO/c1-7-4(6)2-3-5(7)8/h4H,2-3H2,1H3/t4-/m0/s1. The third-order valence-electron chi connectivity index (χ3n) is 1.41. The number of hydrogen-bond donors (Lipinski definition) is 0. The van der Waals surface area contributed by atoms with Crippen molar-refractivity contribution in [1.29, 1.82) is 0 Å². The summed E-state index contributed by atoms with van der Waals surface area (Å²) >= 11 is 2.28. The first-order valence-electron chi connectivity index (χ1n) is 2.61. The van der Waals surface area contributed by atoms with E-state index in [1.54, 1.807) is 4.90 Å². The summed E-state index contributed by atoms with van der Waals surface area (Å²) in [6, 6.07) is 0. The Morgan fingerprint density at radius 3 is 2.62 bits per heavy atom. The summed E-state index contributed by atoms with van der Waals surface area (Å²) in [6.45, 7) is 0. The molecule has 0 aromatic rings. The Labute approximate surface area is 62.4 Å². The summed E-state index contributed by atoms with van der Waals surface area (Å²) < 4.78 is 0.445. The van der Waals surface area contributed by atoms with Crippen LogP contribution in [0.2, 0.25) is 0 Å². The van der Waals surface area contributed by atoms with E-state index in [2.05, 4.69) is 22.6 Å². The van der Waals surface area contributed by atoms with Crippen LogP contribution in [0.4, 0.5) is 0 Å². The molecule has 46 valence electrons. The molecule has 1 heterocycles. The van der Waals surface area contributed by atoms with Crippen LogP contribution in [0.25, 0.3) is 0 Å². The van der Waals surface area contributed by atoms with Crippen molar-refractivity contribution in [2.45, 2.75) is 16.9 Å². The van der Waals surface area contributed by atoms with Crippen LogP contribution >= 0.6 is 22.6 Å². The second-order valence-corrected chi connectivity index (χ2v) is 3.42. The molecule has 0 spiro atoms. The van der Waals surface area contributed by atoms with Gasteiger partial charge in [0.1, 0.15) is 0 Å². The highest BCUT2D eigenvalue weighted by Gasteiger charge is 2.24. The van der Waals surface area contributed by atoms with Crippen molar-refractivity contribution in [3.63, 3.8) is 0 Å². The lowest BCUT2D eigenvalue weighted by Crippen LogP contribution is -2.23. The minimum atomic E-state index is 0.282. The molecule has 1 aliphatic heterocycles. The highest BCUT2D eigenvalue weighted by molar-refractivity contribution is 14.1. The molecule has 0 aliphatic carbocycles. The van der Waals surface area contributed by atoms with Gasteiger partial charge in [-0.3, -0.25) is 4.79 Å². The van der Waals surface area contributed by atoms with Gasteiger partial charge in [0, 0.05) is 13.5 Å². The molecule has 1 fully saturated rings. The van der Waals surface area contributed by atoms with Crippen molar-refractivity contribution in [2.24, 2.45) is 0 Å². The van der Waals surface area contributed by atoms with Crippen LogP contribution in [0.5, 0.6) is 0 Å². The summed E-state index contributed by atoms with van der Waals surface area (Å²) in [5.74, 6) is 0.282. The molecule has 0 radical (unpaired) electrons. The number of carbonyl (C=O) groups is 1. The van der Waals surface area contributed by atoms with Crippen LogP contribution in [-0.2, 0) is 4.79 Å². The van der Waals surface area contributed by atoms with Crippen LogP contribution in [0, 0.1) is 0 Å². The predicted molar refractivity (Wildman–Crippen MR) is 39.8 cm³/mol. The van der Waals surface area contributed by atoms with Gasteiger partial charge in [0.25, 0.3) is 0 Å². The van der Waals surface area contributed by atoms with E-state index in [0.717, 1.165) is 12.8 Å². The molecule has 0 saturated carbocycles. The number of amides is 1. The lowest BCUT2D eigenvalue weighted by atomic mass is 10.4. The lowest BCUT2D eigenvalue weighted by molar-refractivity contribution is -0.126. The third kappa shape index (κ3) is 0.962. The Hall–Kier alpha value is 0.200. The molecule has 0 unspecified atom stereocenters. The summed E-state index contributed by atoms with van der Waals surface area (Å²) in [5, 5.41) is 0. The van der Waals surface area contributed by atoms with Gasteiger partial charge in [0.2, 0.25) is 5.91 Å². The van der Waals surface area contributed by atoms with E-state index < -0.39 is 0 Å². The van der Waals surface area contributed by atoms with Gasteiger partial charge in [-0.2, -0.15) is 0 Å². The average Bonchev–Trinajstić information content (AvgIpc) is 1.98. The Morgan fingerprint density at radius 1 is 1.88 bits per heavy atom. The maximum atomic E-state index is 10.7. The maximum absolute atomic E-state index is 10.7. The van der Waals surface area contributed by atoms with Gasteiger partial charge in [0.15, 0.2) is 0 Å². The minimum Gasteiger partial charge on any atom is -0.334 e. The number of halogens is 1. The van der Waals surface area contributed by atoms with Crippen LogP contribution in [0.3, 0.4) is 0 Å². The van der Waals surface area contributed by atoms with Gasteiger partial charge in [-0.15, -0.1) is 0 Å². The molecular weight excluding hydrogens is 217 g/mol. The predicted octanol–water partition coefficient (Wildman–Crippen LogP) is 1.000. The first-order valence-corrected chi connectivity index (χ1v) is 3.86. The van der Waals surface area contributed by atoms with Crippen molar-refractivity contribution < 1.29 is 4.79 Å². The van der Waals surface area contributed by atoms with Crippen LogP contribution in [-0.4, -0.2) is 21.9 Å². The second-order valence-electron chi connectivity index (χ2n) is 1.98. The topological polar surface area (TPSA) is 20.3 Å². The van der Waals surface area contributed by atoms with Gasteiger partial charge in [-0.25, -0.2) is 0 Å². The quantitative estimate of drug-likeness (QED) is 0.342. The monoisotopic (exact) mass is 225 g/mol. The van der Waals surface area contributed by atoms with E-state index in [-0.39, 0.29) is 5.91 Å². The molecule has 2 nitrogen and oxygen atoms in total. The van der Waals surface area contributed by atoms with E-state index in [0.29, 0.717) is 4.05 Å². The zero-order valence-electron chi connectivity index (χ0n) is 4.72. The normalized spacial score (nSPS) is 29.5. The van der Waals surface area contributed by atoms with E-state index in [1.165, 1.54) is 0 Å². The smallest absolute Gasteiger partial charge is 0.223 e. The van der Waals surface area contributed by atoms with Crippen molar-refractivity contribution in [2.75, 3.05) is 7.05 Å². The van der Waals surface area contributed by atoms with Gasteiger partial charge < -0.3 is 4.90 Å². The van der Waals surface area contributed by atoms with Gasteiger partial charge in [-0.05, 0) is 6.42 Å². The number of hydrogen-bond acceptors (Lipinski definition) is 1. The van der Waals surface area contributed by atoms with E-state index in [9.17, 15) is 4.79 Å². The molecule has 3 heteroatoms. The molecule has 0 bridgehead atoms. The molecule has 1 atom stereocenters. The van der Waals surface area contributed by atoms with E-state index >= 15 is 0 Å². The van der Waals surface area contributed by atoms with Gasteiger partial charge in [0.05, 0.1) is 4.05 Å². The minimum absolute atomic E-state index is 0.282. The molecule has 1 aliphatic rings. The number of rotatable bonds is 0. The molecule has 0 aromatic heterocycles. The first-order chi connectivity index (χ1) is 3.72. The maximum Gasteiger partial charge on any atom is 0.223 e. The van der Waals surface area contributed by atoms with Crippen LogP contribution in [0.15, 0.2) is 0 Å². The highest BCUT2D eigenvalue weighted by Crippen LogP contribution is 2.20. The fourth-order valence-electron chi connectivity index (χ4n) is 0.769. The summed E-state index contributed by atoms with van der Waals surface area (Å²) in [6.07, 6.45) is 1.76. The van der Waals surface area contributed by atoms with E-state index in [1.807, 2.05) is 7.05 Å². The summed E-state index contributed by atoms with van der Waals surface area (Å²) in [4.78, 5) is 12.5. The fraction of sp³-hybridized carbons (Fsp3) is 0.800. The largest absolute Gasteiger partial charge is 0.334 e.